The molecule has 0 saturated heterocycles. The average Bonchev–Trinajstić information content (AvgIpc) is 2.56. The first-order chi connectivity index (χ1) is 7.49. The number of fused-ring (bicyclic) bond motifs is 1. The molecule has 16 heavy (non-hydrogen) atoms. The van der Waals surface area contributed by atoms with E-state index in [0.717, 1.165) is 29.8 Å². The summed E-state index contributed by atoms with van der Waals surface area (Å²) in [5, 5.41) is 3.32. The molecule has 0 aromatic carbocycles. The second kappa shape index (κ2) is 4.33. The highest BCUT2D eigenvalue weighted by Crippen LogP contribution is 2.35. The molecule has 1 aliphatic carbocycles. The molecule has 1 heterocycles. The summed E-state index contributed by atoms with van der Waals surface area (Å²) >= 11 is 1.20. The van der Waals surface area contributed by atoms with Crippen molar-refractivity contribution in [2.24, 2.45) is 0 Å². The Bertz CT molecular complexity index is 373. The van der Waals surface area contributed by atoms with Crippen LogP contribution in [0, 0.1) is 0 Å². The third-order valence-electron chi connectivity index (χ3n) is 2.69. The molecule has 1 aromatic rings. The van der Waals surface area contributed by atoms with Gasteiger partial charge < -0.3 is 5.32 Å². The molecule has 0 spiro atoms. The molecule has 0 amide bonds. The van der Waals surface area contributed by atoms with E-state index in [0.29, 0.717) is 0 Å². The zero-order valence-electron chi connectivity index (χ0n) is 8.90. The van der Waals surface area contributed by atoms with E-state index in [1.165, 1.54) is 11.3 Å². The molecule has 1 N–H and O–H groups in total. The van der Waals surface area contributed by atoms with Crippen LogP contribution in [0.15, 0.2) is 0 Å². The van der Waals surface area contributed by atoms with E-state index >= 15 is 0 Å². The van der Waals surface area contributed by atoms with E-state index in [-0.39, 0.29) is 11.0 Å². The summed E-state index contributed by atoms with van der Waals surface area (Å²) in [6, 6.07) is 0.184. The quantitative estimate of drug-likeness (QED) is 0.873. The van der Waals surface area contributed by atoms with Crippen molar-refractivity contribution in [3.05, 3.63) is 15.6 Å². The van der Waals surface area contributed by atoms with E-state index in [1.54, 1.807) is 0 Å². The van der Waals surface area contributed by atoms with Gasteiger partial charge in [0.1, 0.15) is 5.01 Å². The lowest BCUT2D eigenvalue weighted by molar-refractivity contribution is -0.127. The molecule has 1 unspecified atom stereocenters. The predicted octanol–water partition coefficient (Wildman–Crippen LogP) is 2.84. The van der Waals surface area contributed by atoms with Crippen molar-refractivity contribution in [3.8, 4) is 0 Å². The smallest absolute Gasteiger partial charge is 0.312 e. The number of hydrogen-bond acceptors (Lipinski definition) is 3. The van der Waals surface area contributed by atoms with E-state index in [2.05, 4.69) is 10.3 Å². The lowest BCUT2D eigenvalue weighted by atomic mass is 9.98. The zero-order valence-corrected chi connectivity index (χ0v) is 9.71. The van der Waals surface area contributed by atoms with E-state index < -0.39 is 12.6 Å². The minimum atomic E-state index is -4.16. The van der Waals surface area contributed by atoms with Crippen molar-refractivity contribution in [3.63, 3.8) is 0 Å². The summed E-state index contributed by atoms with van der Waals surface area (Å²) in [6.45, 7) is 0. The molecule has 2 rings (SSSR count). The average molecular weight is 250 g/mol. The summed E-state index contributed by atoms with van der Waals surface area (Å²) in [7, 11) is 1.84. The van der Waals surface area contributed by atoms with Crippen LogP contribution in [-0.2, 0) is 12.8 Å². The number of aromatic nitrogens is 1. The fourth-order valence-corrected chi connectivity index (χ4v) is 3.28. The Balaban J connectivity index is 2.22. The molecule has 2 nitrogen and oxygen atoms in total. The highest BCUT2D eigenvalue weighted by Gasteiger charge is 2.31. The Hall–Kier alpha value is -0.620. The van der Waals surface area contributed by atoms with E-state index in [4.69, 9.17) is 0 Å². The van der Waals surface area contributed by atoms with Crippen molar-refractivity contribution >= 4 is 11.3 Å². The Morgan fingerprint density at radius 1 is 1.50 bits per heavy atom. The lowest BCUT2D eigenvalue weighted by Crippen LogP contribution is -2.19. The van der Waals surface area contributed by atoms with Crippen LogP contribution < -0.4 is 5.32 Å². The van der Waals surface area contributed by atoms with Crippen molar-refractivity contribution in [2.75, 3.05) is 7.05 Å². The Kier molecular flexibility index (Phi) is 3.21. The molecule has 1 aliphatic rings. The van der Waals surface area contributed by atoms with Gasteiger partial charge in [-0.2, -0.15) is 13.2 Å². The van der Waals surface area contributed by atoms with Crippen LogP contribution in [-0.4, -0.2) is 18.2 Å². The first-order valence-electron chi connectivity index (χ1n) is 5.22. The van der Waals surface area contributed by atoms with Crippen LogP contribution in [0.5, 0.6) is 0 Å². The first kappa shape index (κ1) is 11.9. The predicted molar refractivity (Wildman–Crippen MR) is 56.6 cm³/mol. The maximum atomic E-state index is 12.2. The van der Waals surface area contributed by atoms with Crippen LogP contribution in [0.4, 0.5) is 13.2 Å². The minimum absolute atomic E-state index is 0.184. The van der Waals surface area contributed by atoms with Gasteiger partial charge in [-0.3, -0.25) is 0 Å². The van der Waals surface area contributed by atoms with Gasteiger partial charge in [-0.25, -0.2) is 4.98 Å². The summed E-state index contributed by atoms with van der Waals surface area (Å²) in [5.41, 5.74) is 0.856. The molecule has 1 aromatic heterocycles. The monoisotopic (exact) mass is 250 g/mol. The number of alkyl halides is 3. The number of rotatable bonds is 2. The van der Waals surface area contributed by atoms with Gasteiger partial charge in [0.25, 0.3) is 0 Å². The Morgan fingerprint density at radius 3 is 2.88 bits per heavy atom. The van der Waals surface area contributed by atoms with Gasteiger partial charge in [-0.05, 0) is 26.3 Å². The second-order valence-corrected chi connectivity index (χ2v) is 5.06. The summed E-state index contributed by atoms with van der Waals surface area (Å²) in [6.07, 6.45) is -2.27. The first-order valence-corrected chi connectivity index (χ1v) is 6.04. The fourth-order valence-electron chi connectivity index (χ4n) is 1.99. The van der Waals surface area contributed by atoms with Crippen LogP contribution in [0.25, 0.3) is 0 Å². The fraction of sp³-hybridized carbons (Fsp3) is 0.700. The third kappa shape index (κ3) is 2.55. The van der Waals surface area contributed by atoms with Gasteiger partial charge in [0, 0.05) is 10.9 Å². The van der Waals surface area contributed by atoms with Gasteiger partial charge in [-0.1, -0.05) is 0 Å². The van der Waals surface area contributed by atoms with E-state index in [1.807, 2.05) is 7.05 Å². The number of thiazole rings is 1. The Labute approximate surface area is 95.9 Å². The lowest BCUT2D eigenvalue weighted by Gasteiger charge is -2.20. The molecule has 6 heteroatoms. The zero-order chi connectivity index (χ0) is 11.8. The van der Waals surface area contributed by atoms with Crippen LogP contribution in [0.1, 0.15) is 34.5 Å². The number of nitrogens with one attached hydrogen (secondary N) is 1. The van der Waals surface area contributed by atoms with Crippen molar-refractivity contribution in [1.29, 1.82) is 0 Å². The molecule has 0 fully saturated rings. The van der Waals surface area contributed by atoms with Crippen molar-refractivity contribution in [1.82, 2.24) is 10.3 Å². The van der Waals surface area contributed by atoms with Crippen molar-refractivity contribution in [2.45, 2.75) is 37.9 Å². The summed E-state index contributed by atoms with van der Waals surface area (Å²) in [5.74, 6) is 0. The highest BCUT2D eigenvalue weighted by molar-refractivity contribution is 7.11. The second-order valence-electron chi connectivity index (χ2n) is 3.94. The molecule has 90 valence electrons. The van der Waals surface area contributed by atoms with Gasteiger partial charge in [0.15, 0.2) is 0 Å². The van der Waals surface area contributed by atoms with Gasteiger partial charge in [0.05, 0.1) is 12.1 Å². The number of halogens is 3. The largest absolute Gasteiger partial charge is 0.395 e. The molecule has 0 radical (unpaired) electrons. The third-order valence-corrected chi connectivity index (χ3v) is 3.91. The maximum Gasteiger partial charge on any atom is 0.395 e. The number of nitrogens with zero attached hydrogens (tertiary/aromatic N) is 1. The normalized spacial score (nSPS) is 20.9. The number of hydrogen-bond donors (Lipinski definition) is 1. The SMILES string of the molecule is CNC1CCCc2nc(CC(F)(F)F)sc21. The molecule has 0 aliphatic heterocycles. The van der Waals surface area contributed by atoms with Crippen LogP contribution in [0.3, 0.4) is 0 Å². The van der Waals surface area contributed by atoms with Gasteiger partial charge >= 0.3 is 6.18 Å². The van der Waals surface area contributed by atoms with Gasteiger partial charge in [-0.15, -0.1) is 11.3 Å². The molecular formula is C10H13F3N2S. The summed E-state index contributed by atoms with van der Waals surface area (Å²) in [4.78, 5) is 5.09. The standard InChI is InChI=1S/C10H13F3N2S/c1-14-6-3-2-4-7-9(6)16-8(15-7)5-10(11,12)13/h6,14H,2-5H2,1H3. The van der Waals surface area contributed by atoms with Crippen LogP contribution in [0.2, 0.25) is 0 Å². The number of aryl methyl sites for hydroxylation is 1. The van der Waals surface area contributed by atoms with Crippen LogP contribution >= 0.6 is 11.3 Å². The molecule has 0 saturated carbocycles. The highest BCUT2D eigenvalue weighted by atomic mass is 32.1. The van der Waals surface area contributed by atoms with Crippen molar-refractivity contribution < 1.29 is 13.2 Å². The Morgan fingerprint density at radius 2 is 2.25 bits per heavy atom. The molecule has 1 atom stereocenters. The minimum Gasteiger partial charge on any atom is -0.312 e. The molecule has 0 bridgehead atoms. The summed E-state index contributed by atoms with van der Waals surface area (Å²) < 4.78 is 36.7. The maximum absolute atomic E-state index is 12.2. The topological polar surface area (TPSA) is 24.9 Å². The van der Waals surface area contributed by atoms with E-state index in [9.17, 15) is 13.2 Å². The molecular weight excluding hydrogens is 237 g/mol. The van der Waals surface area contributed by atoms with Gasteiger partial charge in [0.2, 0.25) is 0 Å².